The van der Waals surface area contributed by atoms with E-state index >= 15 is 0 Å². The molecule has 3 heterocycles. The Morgan fingerprint density at radius 1 is 1.23 bits per heavy atom. The highest BCUT2D eigenvalue weighted by Crippen LogP contribution is 2.35. The van der Waals surface area contributed by atoms with Crippen LogP contribution in [0, 0.1) is 5.92 Å². The molecule has 7 heteroatoms. The molecule has 3 rings (SSSR count). The summed E-state index contributed by atoms with van der Waals surface area (Å²) in [4.78, 5) is 4.87. The van der Waals surface area contributed by atoms with Gasteiger partial charge in [-0.3, -0.25) is 14.5 Å². The standard InChI is InChI=1S/C19H33N7/c1-14(2)19-22-21-17(25(19)5)13-23(3)12-15-8-7-11-24(4)18(15)16-9-10-20-26(16)6/h9-10,14-15,18H,7-8,11-13H2,1-6H3/t15-,18+/m0/s1. The van der Waals surface area contributed by atoms with E-state index in [1.54, 1.807) is 0 Å². The number of likely N-dealkylation sites (tertiary alicyclic amines) is 1. The molecule has 0 saturated carbocycles. The van der Waals surface area contributed by atoms with Crippen LogP contribution in [-0.4, -0.2) is 61.5 Å². The Balaban J connectivity index is 1.71. The smallest absolute Gasteiger partial charge is 0.146 e. The molecule has 1 aliphatic rings. The molecule has 2 aromatic heterocycles. The van der Waals surface area contributed by atoms with Crippen molar-refractivity contribution in [1.82, 2.24) is 34.3 Å². The van der Waals surface area contributed by atoms with Crippen LogP contribution in [0.25, 0.3) is 0 Å². The second-order valence-electron chi connectivity index (χ2n) is 8.09. The predicted octanol–water partition coefficient (Wildman–Crippen LogP) is 2.19. The van der Waals surface area contributed by atoms with Crippen LogP contribution in [0.5, 0.6) is 0 Å². The van der Waals surface area contributed by atoms with Crippen molar-refractivity contribution in [2.24, 2.45) is 20.0 Å². The Bertz CT molecular complexity index is 717. The zero-order valence-corrected chi connectivity index (χ0v) is 17.1. The molecule has 1 saturated heterocycles. The van der Waals surface area contributed by atoms with E-state index in [0.717, 1.165) is 31.3 Å². The van der Waals surface area contributed by atoms with Crippen molar-refractivity contribution in [1.29, 1.82) is 0 Å². The average Bonchev–Trinajstić information content (AvgIpc) is 3.14. The molecule has 144 valence electrons. The maximum Gasteiger partial charge on any atom is 0.146 e. The highest BCUT2D eigenvalue weighted by Gasteiger charge is 2.33. The van der Waals surface area contributed by atoms with Gasteiger partial charge in [0, 0.05) is 32.8 Å². The first-order valence-corrected chi connectivity index (χ1v) is 9.63. The van der Waals surface area contributed by atoms with Crippen molar-refractivity contribution < 1.29 is 0 Å². The van der Waals surface area contributed by atoms with Gasteiger partial charge in [-0.25, -0.2) is 0 Å². The SMILES string of the molecule is CC(C)c1nnc(CN(C)C[C@@H]2CCCN(C)[C@H]2c2ccnn2C)n1C. The molecule has 0 radical (unpaired) electrons. The second-order valence-corrected chi connectivity index (χ2v) is 8.09. The minimum absolute atomic E-state index is 0.396. The molecule has 1 aliphatic heterocycles. The zero-order chi connectivity index (χ0) is 18.8. The molecule has 1 fully saturated rings. The number of hydrogen-bond donors (Lipinski definition) is 0. The van der Waals surface area contributed by atoms with E-state index < -0.39 is 0 Å². The largest absolute Gasteiger partial charge is 0.317 e. The first-order valence-electron chi connectivity index (χ1n) is 9.63. The van der Waals surface area contributed by atoms with Gasteiger partial charge in [0.25, 0.3) is 0 Å². The van der Waals surface area contributed by atoms with Gasteiger partial charge in [-0.05, 0) is 45.5 Å². The van der Waals surface area contributed by atoms with Crippen molar-refractivity contribution >= 4 is 0 Å². The van der Waals surface area contributed by atoms with E-state index in [2.05, 4.69) is 70.7 Å². The summed E-state index contributed by atoms with van der Waals surface area (Å²) in [5.41, 5.74) is 1.31. The third kappa shape index (κ3) is 3.83. The Morgan fingerprint density at radius 2 is 2.00 bits per heavy atom. The normalized spacial score (nSPS) is 21.8. The number of hydrogen-bond acceptors (Lipinski definition) is 5. The van der Waals surface area contributed by atoms with Gasteiger partial charge in [-0.2, -0.15) is 5.10 Å². The molecule has 2 aromatic rings. The molecule has 0 amide bonds. The van der Waals surface area contributed by atoms with Crippen LogP contribution in [-0.2, 0) is 20.6 Å². The van der Waals surface area contributed by atoms with Crippen LogP contribution < -0.4 is 0 Å². The van der Waals surface area contributed by atoms with E-state index in [-0.39, 0.29) is 0 Å². The van der Waals surface area contributed by atoms with E-state index in [9.17, 15) is 0 Å². The fourth-order valence-electron chi connectivity index (χ4n) is 4.31. The van der Waals surface area contributed by atoms with Crippen LogP contribution in [0.2, 0.25) is 0 Å². The summed E-state index contributed by atoms with van der Waals surface area (Å²) in [5.74, 6) is 3.08. The molecule has 7 nitrogen and oxygen atoms in total. The molecule has 0 unspecified atom stereocenters. The van der Waals surface area contributed by atoms with E-state index in [0.29, 0.717) is 17.9 Å². The maximum absolute atomic E-state index is 4.41. The molecular formula is C19H33N7. The van der Waals surface area contributed by atoms with Gasteiger partial charge >= 0.3 is 0 Å². The minimum Gasteiger partial charge on any atom is -0.317 e. The zero-order valence-electron chi connectivity index (χ0n) is 17.1. The van der Waals surface area contributed by atoms with Gasteiger partial charge in [0.1, 0.15) is 11.6 Å². The van der Waals surface area contributed by atoms with E-state index in [1.165, 1.54) is 18.5 Å². The average molecular weight is 360 g/mol. The summed E-state index contributed by atoms with van der Waals surface area (Å²) < 4.78 is 4.17. The lowest BCUT2D eigenvalue weighted by molar-refractivity contribution is 0.0864. The van der Waals surface area contributed by atoms with Crippen LogP contribution in [0.1, 0.15) is 56.0 Å². The number of piperidine rings is 1. The van der Waals surface area contributed by atoms with Gasteiger partial charge < -0.3 is 4.57 Å². The third-order valence-corrected chi connectivity index (χ3v) is 5.64. The molecule has 0 aromatic carbocycles. The lowest BCUT2D eigenvalue weighted by Gasteiger charge is -2.40. The van der Waals surface area contributed by atoms with Crippen molar-refractivity contribution in [3.63, 3.8) is 0 Å². The first kappa shape index (κ1) is 19.0. The van der Waals surface area contributed by atoms with Crippen LogP contribution in [0.3, 0.4) is 0 Å². The number of aryl methyl sites for hydroxylation is 1. The Morgan fingerprint density at radius 3 is 2.62 bits per heavy atom. The highest BCUT2D eigenvalue weighted by atomic mass is 15.3. The van der Waals surface area contributed by atoms with Gasteiger partial charge in [0.2, 0.25) is 0 Å². The van der Waals surface area contributed by atoms with Gasteiger partial charge in [-0.1, -0.05) is 13.8 Å². The highest BCUT2D eigenvalue weighted by molar-refractivity contribution is 5.10. The topological polar surface area (TPSA) is 55.0 Å². The summed E-state index contributed by atoms with van der Waals surface area (Å²) in [6.45, 7) is 7.34. The molecule has 26 heavy (non-hydrogen) atoms. The molecule has 0 aliphatic carbocycles. The summed E-state index contributed by atoms with van der Waals surface area (Å²) in [6, 6.07) is 2.58. The van der Waals surface area contributed by atoms with Crippen molar-refractivity contribution in [3.05, 3.63) is 29.6 Å². The molecule has 2 atom stereocenters. The molecule has 0 spiro atoms. The number of rotatable bonds is 6. The monoisotopic (exact) mass is 359 g/mol. The Kier molecular flexibility index (Phi) is 5.77. The lowest BCUT2D eigenvalue weighted by atomic mass is 9.87. The summed E-state index contributed by atoms with van der Waals surface area (Å²) in [6.07, 6.45) is 4.41. The van der Waals surface area contributed by atoms with Crippen molar-refractivity contribution in [3.8, 4) is 0 Å². The minimum atomic E-state index is 0.396. The molecular weight excluding hydrogens is 326 g/mol. The van der Waals surface area contributed by atoms with Gasteiger partial charge in [-0.15, -0.1) is 10.2 Å². The second kappa shape index (κ2) is 7.88. The molecule has 0 N–H and O–H groups in total. The quantitative estimate of drug-likeness (QED) is 0.791. The van der Waals surface area contributed by atoms with Crippen molar-refractivity contribution in [2.75, 3.05) is 27.2 Å². The fraction of sp³-hybridized carbons (Fsp3) is 0.737. The summed E-state index contributed by atoms with van der Waals surface area (Å²) >= 11 is 0. The maximum atomic E-state index is 4.41. The van der Waals surface area contributed by atoms with Crippen molar-refractivity contribution in [2.45, 2.75) is 45.2 Å². The summed E-state index contributed by atoms with van der Waals surface area (Å²) in [5, 5.41) is 13.2. The van der Waals surface area contributed by atoms with Gasteiger partial charge in [0.15, 0.2) is 0 Å². The Labute approximate surface area is 157 Å². The van der Waals surface area contributed by atoms with E-state index in [4.69, 9.17) is 0 Å². The molecule has 0 bridgehead atoms. The first-order chi connectivity index (χ1) is 12.4. The predicted molar refractivity (Wildman–Crippen MR) is 103 cm³/mol. The lowest BCUT2D eigenvalue weighted by Crippen LogP contribution is -2.41. The summed E-state index contributed by atoms with van der Waals surface area (Å²) in [7, 11) is 8.55. The third-order valence-electron chi connectivity index (χ3n) is 5.64. The van der Waals surface area contributed by atoms with Crippen LogP contribution >= 0.6 is 0 Å². The Hall–Kier alpha value is -1.73. The number of nitrogens with zero attached hydrogens (tertiary/aromatic N) is 7. The van der Waals surface area contributed by atoms with Gasteiger partial charge in [0.05, 0.1) is 18.3 Å². The van der Waals surface area contributed by atoms with Crippen LogP contribution in [0.4, 0.5) is 0 Å². The fourth-order valence-corrected chi connectivity index (χ4v) is 4.31. The van der Waals surface area contributed by atoms with Crippen LogP contribution in [0.15, 0.2) is 12.3 Å². The number of aromatic nitrogens is 5. The van der Waals surface area contributed by atoms with E-state index in [1.807, 2.05) is 17.9 Å².